The molecule has 1 aliphatic rings. The molecule has 108 valence electrons. The van der Waals surface area contributed by atoms with Crippen molar-refractivity contribution in [1.82, 2.24) is 15.1 Å². The number of nitrogens with zero attached hydrogens (tertiary/aromatic N) is 2. The predicted molar refractivity (Wildman–Crippen MR) is 63.7 cm³/mol. The number of hydrogen-bond donors (Lipinski definition) is 1. The Labute approximate surface area is 109 Å². The smallest absolute Gasteiger partial charge is 0.370 e. The fraction of sp³-hybridized carbons (Fsp3) is 0.750. The molecule has 1 aromatic rings. The molecule has 0 spiro atoms. The summed E-state index contributed by atoms with van der Waals surface area (Å²) < 4.78 is 41.9. The Hall–Kier alpha value is -1.08. The van der Waals surface area contributed by atoms with Crippen molar-refractivity contribution in [2.45, 2.75) is 45.1 Å². The molecule has 1 aliphatic carbocycles. The monoisotopic (exact) mass is 277 g/mol. The van der Waals surface area contributed by atoms with Gasteiger partial charge in [0.05, 0.1) is 19.3 Å². The lowest BCUT2D eigenvalue weighted by atomic mass is 10.2. The molecule has 1 N–H and O–H groups in total. The van der Waals surface area contributed by atoms with Gasteiger partial charge in [0, 0.05) is 23.8 Å². The van der Waals surface area contributed by atoms with Gasteiger partial charge in [0.25, 0.3) is 0 Å². The van der Waals surface area contributed by atoms with Crippen molar-refractivity contribution in [1.29, 1.82) is 0 Å². The van der Waals surface area contributed by atoms with E-state index in [2.05, 4.69) is 15.2 Å². The molecule has 4 nitrogen and oxygen atoms in total. The number of ether oxygens (including phenoxy) is 1. The third-order valence-electron chi connectivity index (χ3n) is 3.08. The molecule has 19 heavy (non-hydrogen) atoms. The molecule has 1 aromatic heterocycles. The minimum absolute atomic E-state index is 0.0114. The van der Waals surface area contributed by atoms with Gasteiger partial charge in [0.2, 0.25) is 0 Å². The van der Waals surface area contributed by atoms with Gasteiger partial charge in [0.15, 0.2) is 0 Å². The molecule has 0 amide bonds. The second-order valence-electron chi connectivity index (χ2n) is 4.80. The van der Waals surface area contributed by atoms with Gasteiger partial charge in [-0.2, -0.15) is 18.3 Å². The van der Waals surface area contributed by atoms with E-state index in [4.69, 9.17) is 0 Å². The third-order valence-corrected chi connectivity index (χ3v) is 3.08. The van der Waals surface area contributed by atoms with Crippen LogP contribution in [-0.4, -0.2) is 35.2 Å². The summed E-state index contributed by atoms with van der Waals surface area (Å²) in [7, 11) is 0. The second-order valence-corrected chi connectivity index (χ2v) is 4.80. The molecule has 0 atom stereocenters. The summed E-state index contributed by atoms with van der Waals surface area (Å²) >= 11 is 0. The fourth-order valence-corrected chi connectivity index (χ4v) is 1.76. The van der Waals surface area contributed by atoms with Gasteiger partial charge in [-0.25, -0.2) is 0 Å². The normalized spacial score (nSPS) is 16.0. The summed E-state index contributed by atoms with van der Waals surface area (Å²) in [5.74, 6) is 0. The van der Waals surface area contributed by atoms with Crippen LogP contribution in [0.2, 0.25) is 0 Å². The zero-order chi connectivity index (χ0) is 13.9. The maximum atomic E-state index is 11.9. The standard InChI is InChI=1S/C12H18F3N3O/c1-9-10(6-16-11-2-3-11)7-17-18(9)4-5-19-8-12(13,14)15/h7,11,16H,2-6,8H2,1H3. The largest absolute Gasteiger partial charge is 0.411 e. The summed E-state index contributed by atoms with van der Waals surface area (Å²) in [5, 5.41) is 7.54. The van der Waals surface area contributed by atoms with Gasteiger partial charge >= 0.3 is 6.18 Å². The highest BCUT2D eigenvalue weighted by Gasteiger charge is 2.27. The SMILES string of the molecule is Cc1c(CNC2CC2)cnn1CCOCC(F)(F)F. The van der Waals surface area contributed by atoms with Crippen LogP contribution in [0.5, 0.6) is 0 Å². The van der Waals surface area contributed by atoms with E-state index in [1.165, 1.54) is 12.8 Å². The molecule has 0 aromatic carbocycles. The zero-order valence-corrected chi connectivity index (χ0v) is 10.8. The highest BCUT2D eigenvalue weighted by atomic mass is 19.4. The molecule has 2 rings (SSSR count). The van der Waals surface area contributed by atoms with Gasteiger partial charge in [0.1, 0.15) is 6.61 Å². The molecule has 0 saturated heterocycles. The van der Waals surface area contributed by atoms with E-state index in [1.807, 2.05) is 6.92 Å². The fourth-order valence-electron chi connectivity index (χ4n) is 1.76. The number of halogens is 3. The van der Waals surface area contributed by atoms with Crippen molar-refractivity contribution in [3.05, 3.63) is 17.5 Å². The van der Waals surface area contributed by atoms with Crippen LogP contribution in [0.15, 0.2) is 6.20 Å². The first-order valence-electron chi connectivity index (χ1n) is 6.35. The first-order valence-corrected chi connectivity index (χ1v) is 6.35. The highest BCUT2D eigenvalue weighted by molar-refractivity contribution is 5.16. The quantitative estimate of drug-likeness (QED) is 0.775. The number of aromatic nitrogens is 2. The average molecular weight is 277 g/mol. The number of hydrogen-bond acceptors (Lipinski definition) is 3. The van der Waals surface area contributed by atoms with Crippen LogP contribution in [0.25, 0.3) is 0 Å². The summed E-state index contributed by atoms with van der Waals surface area (Å²) in [6.07, 6.45) is -0.0656. The van der Waals surface area contributed by atoms with Crippen LogP contribution in [0.3, 0.4) is 0 Å². The number of rotatable bonds is 7. The Morgan fingerprint density at radius 2 is 2.21 bits per heavy atom. The Morgan fingerprint density at radius 3 is 2.84 bits per heavy atom. The molecule has 0 unspecified atom stereocenters. The van der Waals surface area contributed by atoms with E-state index >= 15 is 0 Å². The Bertz CT molecular complexity index is 413. The lowest BCUT2D eigenvalue weighted by Gasteiger charge is -2.09. The molecular formula is C12H18F3N3O. The lowest BCUT2D eigenvalue weighted by Crippen LogP contribution is -2.19. The Kier molecular flexibility index (Phi) is 4.46. The number of alkyl halides is 3. The first kappa shape index (κ1) is 14.3. The van der Waals surface area contributed by atoms with Crippen molar-refractivity contribution in [2.24, 2.45) is 0 Å². The maximum absolute atomic E-state index is 11.9. The molecule has 1 fully saturated rings. The summed E-state index contributed by atoms with van der Waals surface area (Å²) in [5.41, 5.74) is 2.06. The first-order chi connectivity index (χ1) is 8.96. The van der Waals surface area contributed by atoms with Crippen molar-refractivity contribution in [3.8, 4) is 0 Å². The average Bonchev–Trinajstić information content (AvgIpc) is 3.08. The van der Waals surface area contributed by atoms with Crippen molar-refractivity contribution >= 4 is 0 Å². The van der Waals surface area contributed by atoms with E-state index in [0.29, 0.717) is 12.6 Å². The van der Waals surface area contributed by atoms with E-state index < -0.39 is 12.8 Å². The topological polar surface area (TPSA) is 39.1 Å². The molecular weight excluding hydrogens is 259 g/mol. The van der Waals surface area contributed by atoms with Crippen LogP contribution < -0.4 is 5.32 Å². The molecule has 0 bridgehead atoms. The maximum Gasteiger partial charge on any atom is 0.411 e. The molecule has 7 heteroatoms. The zero-order valence-electron chi connectivity index (χ0n) is 10.8. The molecule has 1 saturated carbocycles. The van der Waals surface area contributed by atoms with Crippen LogP contribution in [-0.2, 0) is 17.8 Å². The van der Waals surface area contributed by atoms with E-state index in [0.717, 1.165) is 17.8 Å². The second kappa shape index (κ2) is 5.92. The van der Waals surface area contributed by atoms with Gasteiger partial charge < -0.3 is 10.1 Å². The van der Waals surface area contributed by atoms with E-state index in [1.54, 1.807) is 10.9 Å². The van der Waals surface area contributed by atoms with Crippen LogP contribution in [0, 0.1) is 6.92 Å². The Morgan fingerprint density at radius 1 is 1.47 bits per heavy atom. The molecule has 1 heterocycles. The minimum Gasteiger partial charge on any atom is -0.370 e. The highest BCUT2D eigenvalue weighted by Crippen LogP contribution is 2.20. The summed E-state index contributed by atoms with van der Waals surface area (Å²) in [4.78, 5) is 0. The van der Waals surface area contributed by atoms with Gasteiger partial charge in [-0.15, -0.1) is 0 Å². The van der Waals surface area contributed by atoms with Crippen molar-refractivity contribution in [3.63, 3.8) is 0 Å². The van der Waals surface area contributed by atoms with Gasteiger partial charge in [-0.05, 0) is 19.8 Å². The number of nitrogens with one attached hydrogen (secondary N) is 1. The van der Waals surface area contributed by atoms with Crippen LogP contribution in [0.1, 0.15) is 24.1 Å². The van der Waals surface area contributed by atoms with Crippen molar-refractivity contribution in [2.75, 3.05) is 13.2 Å². The van der Waals surface area contributed by atoms with Crippen molar-refractivity contribution < 1.29 is 17.9 Å². The summed E-state index contributed by atoms with van der Waals surface area (Å²) in [6, 6.07) is 0.623. The summed E-state index contributed by atoms with van der Waals surface area (Å²) in [6.45, 7) is 1.83. The third kappa shape index (κ3) is 4.83. The predicted octanol–water partition coefficient (Wildman–Crippen LogP) is 2.02. The van der Waals surface area contributed by atoms with Gasteiger partial charge in [-0.1, -0.05) is 0 Å². The van der Waals surface area contributed by atoms with E-state index in [-0.39, 0.29) is 6.61 Å². The van der Waals surface area contributed by atoms with Crippen LogP contribution >= 0.6 is 0 Å². The minimum atomic E-state index is -4.27. The Balaban J connectivity index is 1.73. The van der Waals surface area contributed by atoms with Crippen LogP contribution in [0.4, 0.5) is 13.2 Å². The van der Waals surface area contributed by atoms with E-state index in [9.17, 15) is 13.2 Å². The van der Waals surface area contributed by atoms with Gasteiger partial charge in [-0.3, -0.25) is 4.68 Å². The lowest BCUT2D eigenvalue weighted by molar-refractivity contribution is -0.174. The molecule has 0 aliphatic heterocycles. The molecule has 0 radical (unpaired) electrons.